The number of carbonyl (C=O) groups is 2. The van der Waals surface area contributed by atoms with Gasteiger partial charge in [-0.3, -0.25) is 4.79 Å². The fourth-order valence-corrected chi connectivity index (χ4v) is 1.77. The Labute approximate surface area is 104 Å². The monoisotopic (exact) mass is 259 g/mol. The fraction of sp³-hybridized carbons (Fsp3) is 0.455. The first-order valence-corrected chi connectivity index (χ1v) is 5.47. The zero-order valence-electron chi connectivity index (χ0n) is 9.81. The Bertz CT molecular complexity index is 427. The van der Waals surface area contributed by atoms with Crippen LogP contribution in [0.2, 0.25) is 5.22 Å². The van der Waals surface area contributed by atoms with E-state index in [1.165, 1.54) is 19.2 Å². The van der Waals surface area contributed by atoms with Crippen molar-refractivity contribution in [3.05, 3.63) is 23.1 Å². The van der Waals surface area contributed by atoms with Crippen LogP contribution in [0.4, 0.5) is 0 Å². The van der Waals surface area contributed by atoms with Gasteiger partial charge in [-0.25, -0.2) is 4.79 Å². The average molecular weight is 260 g/mol. The maximum absolute atomic E-state index is 11.9. The average Bonchev–Trinajstić information content (AvgIpc) is 2.62. The smallest absolute Gasteiger partial charge is 0.326 e. The van der Waals surface area contributed by atoms with E-state index in [1.807, 2.05) is 0 Å². The molecule has 0 aliphatic heterocycles. The normalized spacial score (nSPS) is 12.5. The zero-order valence-corrected chi connectivity index (χ0v) is 10.6. The summed E-state index contributed by atoms with van der Waals surface area (Å²) in [5.41, 5.74) is 0. The molecule has 1 aromatic heterocycles. The Morgan fingerprint density at radius 1 is 1.41 bits per heavy atom. The number of aliphatic carboxylic acids is 1. The Morgan fingerprint density at radius 3 is 2.35 bits per heavy atom. The summed E-state index contributed by atoms with van der Waals surface area (Å²) in [6, 6.07) is 1.96. The molecular formula is C11H14ClNO4. The fourth-order valence-electron chi connectivity index (χ4n) is 1.63. The summed E-state index contributed by atoms with van der Waals surface area (Å²) in [4.78, 5) is 24.1. The minimum atomic E-state index is -1.05. The highest BCUT2D eigenvalue weighted by molar-refractivity contribution is 6.29. The van der Waals surface area contributed by atoms with Crippen LogP contribution in [-0.2, 0) is 4.79 Å². The van der Waals surface area contributed by atoms with Gasteiger partial charge in [0.15, 0.2) is 11.0 Å². The van der Waals surface area contributed by atoms with Crippen LogP contribution in [0.15, 0.2) is 16.5 Å². The molecule has 0 radical (unpaired) electrons. The summed E-state index contributed by atoms with van der Waals surface area (Å²) < 4.78 is 4.96. The number of hydrogen-bond acceptors (Lipinski definition) is 3. The molecule has 1 N–H and O–H groups in total. The van der Waals surface area contributed by atoms with E-state index in [1.54, 1.807) is 13.8 Å². The minimum Gasteiger partial charge on any atom is -0.480 e. The van der Waals surface area contributed by atoms with Gasteiger partial charge in [0, 0.05) is 7.05 Å². The molecular weight excluding hydrogens is 246 g/mol. The van der Waals surface area contributed by atoms with E-state index in [-0.39, 0.29) is 16.9 Å². The van der Waals surface area contributed by atoms with Crippen molar-refractivity contribution in [3.63, 3.8) is 0 Å². The van der Waals surface area contributed by atoms with Crippen molar-refractivity contribution in [1.29, 1.82) is 0 Å². The number of halogens is 1. The van der Waals surface area contributed by atoms with Crippen molar-refractivity contribution >= 4 is 23.5 Å². The Kier molecular flexibility index (Phi) is 4.17. The quantitative estimate of drug-likeness (QED) is 0.899. The largest absolute Gasteiger partial charge is 0.480 e. The lowest BCUT2D eigenvalue weighted by Crippen LogP contribution is -2.45. The third-order valence-corrected chi connectivity index (χ3v) is 2.61. The Morgan fingerprint density at radius 2 is 2.00 bits per heavy atom. The van der Waals surface area contributed by atoms with Gasteiger partial charge in [0.1, 0.15) is 6.04 Å². The molecule has 0 spiro atoms. The second-order valence-corrected chi connectivity index (χ2v) is 4.42. The topological polar surface area (TPSA) is 70.8 Å². The third kappa shape index (κ3) is 3.00. The standard InChI is InChI=1S/C11H14ClNO4/c1-6(2)9(11(15)16)13(3)10(14)7-4-5-8(12)17-7/h4-6,9H,1-3H3,(H,15,16). The van der Waals surface area contributed by atoms with E-state index < -0.39 is 17.9 Å². The molecule has 0 fully saturated rings. The van der Waals surface area contributed by atoms with Gasteiger partial charge in [-0.05, 0) is 29.7 Å². The maximum atomic E-state index is 11.9. The second kappa shape index (κ2) is 5.23. The zero-order chi connectivity index (χ0) is 13.2. The Hall–Kier alpha value is -1.49. The van der Waals surface area contributed by atoms with E-state index in [0.29, 0.717) is 0 Å². The summed E-state index contributed by atoms with van der Waals surface area (Å²) in [6.45, 7) is 3.47. The summed E-state index contributed by atoms with van der Waals surface area (Å²) in [6.07, 6.45) is 0. The molecule has 6 heteroatoms. The Balaban J connectivity index is 2.91. The first-order chi connectivity index (χ1) is 7.84. The number of carboxylic acids is 1. The number of nitrogens with zero attached hydrogens (tertiary/aromatic N) is 1. The number of hydrogen-bond donors (Lipinski definition) is 1. The second-order valence-electron chi connectivity index (χ2n) is 4.05. The summed E-state index contributed by atoms with van der Waals surface area (Å²) in [7, 11) is 1.43. The summed E-state index contributed by atoms with van der Waals surface area (Å²) in [5.74, 6) is -1.72. The van der Waals surface area contributed by atoms with Crippen LogP contribution in [-0.4, -0.2) is 35.0 Å². The molecule has 1 atom stereocenters. The molecule has 94 valence electrons. The number of furan rings is 1. The first kappa shape index (κ1) is 13.6. The predicted octanol–water partition coefficient (Wildman–Crippen LogP) is 2.11. The van der Waals surface area contributed by atoms with Crippen LogP contribution in [0, 0.1) is 5.92 Å². The summed E-state index contributed by atoms with van der Waals surface area (Å²) >= 11 is 5.56. The van der Waals surface area contributed by atoms with Crippen LogP contribution in [0.5, 0.6) is 0 Å². The molecule has 0 aromatic carbocycles. The molecule has 1 heterocycles. The predicted molar refractivity (Wildman–Crippen MR) is 62.1 cm³/mol. The van der Waals surface area contributed by atoms with E-state index in [4.69, 9.17) is 21.1 Å². The van der Waals surface area contributed by atoms with Gasteiger partial charge >= 0.3 is 5.97 Å². The van der Waals surface area contributed by atoms with Gasteiger partial charge in [-0.2, -0.15) is 0 Å². The highest BCUT2D eigenvalue weighted by atomic mass is 35.5. The third-order valence-electron chi connectivity index (χ3n) is 2.41. The van der Waals surface area contributed by atoms with E-state index >= 15 is 0 Å². The van der Waals surface area contributed by atoms with Crippen LogP contribution < -0.4 is 0 Å². The van der Waals surface area contributed by atoms with Crippen molar-refractivity contribution in [2.75, 3.05) is 7.05 Å². The number of likely N-dealkylation sites (N-methyl/N-ethyl adjacent to an activating group) is 1. The van der Waals surface area contributed by atoms with Crippen LogP contribution in [0.25, 0.3) is 0 Å². The molecule has 0 aliphatic carbocycles. The van der Waals surface area contributed by atoms with Crippen molar-refractivity contribution in [2.24, 2.45) is 5.92 Å². The van der Waals surface area contributed by atoms with E-state index in [2.05, 4.69) is 0 Å². The number of carbonyl (C=O) groups excluding carboxylic acids is 1. The lowest BCUT2D eigenvalue weighted by molar-refractivity contribution is -0.143. The lowest BCUT2D eigenvalue weighted by atomic mass is 10.0. The van der Waals surface area contributed by atoms with Gasteiger partial charge in [-0.1, -0.05) is 13.8 Å². The van der Waals surface area contributed by atoms with Gasteiger partial charge in [0.25, 0.3) is 5.91 Å². The highest BCUT2D eigenvalue weighted by Gasteiger charge is 2.31. The van der Waals surface area contributed by atoms with E-state index in [9.17, 15) is 9.59 Å². The first-order valence-electron chi connectivity index (χ1n) is 5.10. The van der Waals surface area contributed by atoms with Gasteiger partial charge in [-0.15, -0.1) is 0 Å². The lowest BCUT2D eigenvalue weighted by Gasteiger charge is -2.26. The van der Waals surface area contributed by atoms with Crippen LogP contribution in [0.3, 0.4) is 0 Å². The number of rotatable bonds is 4. The molecule has 1 unspecified atom stereocenters. The highest BCUT2D eigenvalue weighted by Crippen LogP contribution is 2.17. The van der Waals surface area contributed by atoms with Gasteiger partial charge < -0.3 is 14.4 Å². The SMILES string of the molecule is CC(C)C(C(=O)O)N(C)C(=O)c1ccc(Cl)o1. The molecule has 17 heavy (non-hydrogen) atoms. The molecule has 0 saturated heterocycles. The maximum Gasteiger partial charge on any atom is 0.326 e. The molecule has 5 nitrogen and oxygen atoms in total. The molecule has 1 rings (SSSR count). The van der Waals surface area contributed by atoms with E-state index in [0.717, 1.165) is 4.90 Å². The molecule has 0 bridgehead atoms. The number of carboxylic acid groups (broad SMARTS) is 1. The molecule has 1 amide bonds. The molecule has 1 aromatic rings. The van der Waals surface area contributed by atoms with Crippen molar-refractivity contribution in [1.82, 2.24) is 4.90 Å². The van der Waals surface area contributed by atoms with Crippen LogP contribution in [0.1, 0.15) is 24.4 Å². The molecule has 0 saturated carbocycles. The summed E-state index contributed by atoms with van der Waals surface area (Å²) in [5, 5.41) is 9.16. The minimum absolute atomic E-state index is 0.0319. The molecule has 0 aliphatic rings. The van der Waals surface area contributed by atoms with Gasteiger partial charge in [0.2, 0.25) is 0 Å². The van der Waals surface area contributed by atoms with Crippen molar-refractivity contribution < 1.29 is 19.1 Å². The van der Waals surface area contributed by atoms with Gasteiger partial charge in [0.05, 0.1) is 0 Å². The van der Waals surface area contributed by atoms with Crippen LogP contribution >= 0.6 is 11.6 Å². The van der Waals surface area contributed by atoms with Crippen molar-refractivity contribution in [2.45, 2.75) is 19.9 Å². The van der Waals surface area contributed by atoms with Crippen molar-refractivity contribution in [3.8, 4) is 0 Å². The number of amides is 1.